The number of hydrogen-bond acceptors (Lipinski definition) is 4. The van der Waals surface area contributed by atoms with Crippen LogP contribution in [-0.4, -0.2) is 30.5 Å². The van der Waals surface area contributed by atoms with Crippen molar-refractivity contribution in [1.29, 1.82) is 0 Å². The van der Waals surface area contributed by atoms with Crippen LogP contribution in [0.3, 0.4) is 0 Å². The second-order valence-corrected chi connectivity index (χ2v) is 4.87. The molecule has 2 N–H and O–H groups in total. The number of aromatic nitrogens is 1. The Bertz CT molecular complexity index is 659. The summed E-state index contributed by atoms with van der Waals surface area (Å²) in [5, 5.41) is 5.51. The van der Waals surface area contributed by atoms with Gasteiger partial charge in [-0.15, -0.1) is 0 Å². The van der Waals surface area contributed by atoms with Crippen molar-refractivity contribution in [3.8, 4) is 5.75 Å². The molecule has 0 saturated carbocycles. The lowest BCUT2D eigenvalue weighted by molar-refractivity contribution is -0.121. The largest absolute Gasteiger partial charge is 0.497 e. The maximum atomic E-state index is 12.0. The Balaban J connectivity index is 1.71. The lowest BCUT2D eigenvalue weighted by Gasteiger charge is -2.07. The Labute approximate surface area is 134 Å². The van der Waals surface area contributed by atoms with E-state index in [1.54, 1.807) is 43.8 Å². The molecule has 0 aliphatic carbocycles. The van der Waals surface area contributed by atoms with E-state index in [-0.39, 0.29) is 24.8 Å². The summed E-state index contributed by atoms with van der Waals surface area (Å²) in [4.78, 5) is 27.6. The van der Waals surface area contributed by atoms with E-state index in [9.17, 15) is 9.59 Å². The van der Waals surface area contributed by atoms with E-state index in [0.717, 1.165) is 5.56 Å². The van der Waals surface area contributed by atoms with Gasteiger partial charge in [-0.2, -0.15) is 0 Å². The van der Waals surface area contributed by atoms with Crippen molar-refractivity contribution in [2.24, 2.45) is 0 Å². The molecule has 6 heteroatoms. The van der Waals surface area contributed by atoms with E-state index in [1.807, 2.05) is 12.1 Å². The molecule has 2 amide bonds. The van der Waals surface area contributed by atoms with Gasteiger partial charge in [0.15, 0.2) is 0 Å². The zero-order chi connectivity index (χ0) is 16.5. The Morgan fingerprint density at radius 1 is 1.13 bits per heavy atom. The molecule has 0 fully saturated rings. The molecule has 1 aromatic carbocycles. The molecule has 2 rings (SSSR count). The standard InChI is InChI=1S/C17H19N3O3/c1-23-15-4-2-3-14(11-15)17(22)19-10-7-16(21)20-12-13-5-8-18-9-6-13/h2-6,8-9,11H,7,10,12H2,1H3,(H,19,22)(H,20,21). The number of benzene rings is 1. The number of carbonyl (C=O) groups is 2. The van der Waals surface area contributed by atoms with Gasteiger partial charge in [0.1, 0.15) is 5.75 Å². The van der Waals surface area contributed by atoms with E-state index < -0.39 is 0 Å². The average Bonchev–Trinajstić information content (AvgIpc) is 2.60. The predicted octanol–water partition coefficient (Wildman–Crippen LogP) is 1.53. The van der Waals surface area contributed by atoms with Gasteiger partial charge in [0.2, 0.25) is 5.91 Å². The van der Waals surface area contributed by atoms with Gasteiger partial charge in [-0.25, -0.2) is 0 Å². The van der Waals surface area contributed by atoms with Crippen LogP contribution < -0.4 is 15.4 Å². The first-order chi connectivity index (χ1) is 11.2. The third-order valence-electron chi connectivity index (χ3n) is 3.21. The summed E-state index contributed by atoms with van der Waals surface area (Å²) in [6, 6.07) is 10.5. The number of nitrogens with zero attached hydrogens (tertiary/aromatic N) is 1. The summed E-state index contributed by atoms with van der Waals surface area (Å²) in [5.41, 5.74) is 1.48. The first-order valence-electron chi connectivity index (χ1n) is 7.27. The molecule has 0 atom stereocenters. The first kappa shape index (κ1) is 16.5. The second-order valence-electron chi connectivity index (χ2n) is 4.87. The minimum Gasteiger partial charge on any atom is -0.497 e. The third-order valence-corrected chi connectivity index (χ3v) is 3.21. The fraction of sp³-hybridized carbons (Fsp3) is 0.235. The highest BCUT2D eigenvalue weighted by Crippen LogP contribution is 2.12. The van der Waals surface area contributed by atoms with E-state index >= 15 is 0 Å². The first-order valence-corrected chi connectivity index (χ1v) is 7.27. The number of nitrogens with one attached hydrogen (secondary N) is 2. The van der Waals surface area contributed by atoms with Crippen molar-refractivity contribution < 1.29 is 14.3 Å². The molecule has 0 aliphatic rings. The summed E-state index contributed by atoms with van der Waals surface area (Å²) in [7, 11) is 1.55. The van der Waals surface area contributed by atoms with Gasteiger partial charge < -0.3 is 15.4 Å². The summed E-state index contributed by atoms with van der Waals surface area (Å²) >= 11 is 0. The molecule has 6 nitrogen and oxygen atoms in total. The van der Waals surface area contributed by atoms with Gasteiger partial charge in [-0.05, 0) is 35.9 Å². The molecule has 23 heavy (non-hydrogen) atoms. The van der Waals surface area contributed by atoms with Crippen molar-refractivity contribution in [1.82, 2.24) is 15.6 Å². The highest BCUT2D eigenvalue weighted by atomic mass is 16.5. The number of hydrogen-bond donors (Lipinski definition) is 2. The minimum absolute atomic E-state index is 0.118. The van der Waals surface area contributed by atoms with E-state index in [1.165, 1.54) is 0 Å². The van der Waals surface area contributed by atoms with E-state index in [4.69, 9.17) is 4.74 Å². The van der Waals surface area contributed by atoms with Crippen LogP contribution in [0.15, 0.2) is 48.8 Å². The highest BCUT2D eigenvalue weighted by molar-refractivity contribution is 5.94. The van der Waals surface area contributed by atoms with Crippen LogP contribution in [0.1, 0.15) is 22.3 Å². The number of methoxy groups -OCH3 is 1. The summed E-state index contributed by atoms with van der Waals surface area (Å²) in [6.45, 7) is 0.726. The topological polar surface area (TPSA) is 80.3 Å². The van der Waals surface area contributed by atoms with Crippen LogP contribution in [0, 0.1) is 0 Å². The van der Waals surface area contributed by atoms with Crippen LogP contribution in [0.25, 0.3) is 0 Å². The molecule has 1 heterocycles. The lowest BCUT2D eigenvalue weighted by atomic mass is 10.2. The van der Waals surface area contributed by atoms with Gasteiger partial charge >= 0.3 is 0 Å². The Hall–Kier alpha value is -2.89. The quantitative estimate of drug-likeness (QED) is 0.812. The molecule has 0 bridgehead atoms. The van der Waals surface area contributed by atoms with Gasteiger partial charge in [0.25, 0.3) is 5.91 Å². The average molecular weight is 313 g/mol. The fourth-order valence-corrected chi connectivity index (χ4v) is 1.95. The smallest absolute Gasteiger partial charge is 0.251 e. The van der Waals surface area contributed by atoms with Gasteiger partial charge in [-0.1, -0.05) is 6.07 Å². The van der Waals surface area contributed by atoms with Crippen LogP contribution in [-0.2, 0) is 11.3 Å². The number of rotatable bonds is 7. The zero-order valence-electron chi connectivity index (χ0n) is 12.9. The van der Waals surface area contributed by atoms with E-state index in [0.29, 0.717) is 17.9 Å². The van der Waals surface area contributed by atoms with Crippen LogP contribution in [0.2, 0.25) is 0 Å². The number of carbonyl (C=O) groups excluding carboxylic acids is 2. The van der Waals surface area contributed by atoms with E-state index in [2.05, 4.69) is 15.6 Å². The summed E-state index contributed by atoms with van der Waals surface area (Å²) < 4.78 is 5.07. The van der Waals surface area contributed by atoms with Gasteiger partial charge in [0.05, 0.1) is 7.11 Å². The van der Waals surface area contributed by atoms with Crippen molar-refractivity contribution in [2.75, 3.05) is 13.7 Å². The molecule has 0 radical (unpaired) electrons. The van der Waals surface area contributed by atoms with Crippen molar-refractivity contribution in [2.45, 2.75) is 13.0 Å². The molecule has 2 aromatic rings. The Morgan fingerprint density at radius 3 is 2.65 bits per heavy atom. The zero-order valence-corrected chi connectivity index (χ0v) is 12.9. The Kier molecular flexibility index (Phi) is 6.11. The minimum atomic E-state index is -0.231. The maximum absolute atomic E-state index is 12.0. The SMILES string of the molecule is COc1cccc(C(=O)NCCC(=O)NCc2ccncc2)c1. The molecule has 0 saturated heterocycles. The predicted molar refractivity (Wildman–Crippen MR) is 86.0 cm³/mol. The second kappa shape index (κ2) is 8.53. The number of pyridine rings is 1. The monoisotopic (exact) mass is 313 g/mol. The van der Waals surface area contributed by atoms with Gasteiger partial charge in [0, 0.05) is 37.5 Å². The lowest BCUT2D eigenvalue weighted by Crippen LogP contribution is -2.30. The molecule has 0 spiro atoms. The highest BCUT2D eigenvalue weighted by Gasteiger charge is 2.07. The van der Waals surface area contributed by atoms with Gasteiger partial charge in [-0.3, -0.25) is 14.6 Å². The molecular weight excluding hydrogens is 294 g/mol. The van der Waals surface area contributed by atoms with Crippen LogP contribution >= 0.6 is 0 Å². The fourth-order valence-electron chi connectivity index (χ4n) is 1.95. The number of amides is 2. The normalized spacial score (nSPS) is 9.96. The Morgan fingerprint density at radius 2 is 1.91 bits per heavy atom. The van der Waals surface area contributed by atoms with Crippen LogP contribution in [0.5, 0.6) is 5.75 Å². The summed E-state index contributed by atoms with van der Waals surface area (Å²) in [5.74, 6) is 0.270. The van der Waals surface area contributed by atoms with Crippen LogP contribution in [0.4, 0.5) is 0 Å². The number of ether oxygens (including phenoxy) is 1. The maximum Gasteiger partial charge on any atom is 0.251 e. The van der Waals surface area contributed by atoms with Crippen molar-refractivity contribution >= 4 is 11.8 Å². The molecule has 120 valence electrons. The van der Waals surface area contributed by atoms with Crippen molar-refractivity contribution in [3.63, 3.8) is 0 Å². The molecule has 0 aliphatic heterocycles. The molecular formula is C17H19N3O3. The molecule has 0 unspecified atom stereocenters. The summed E-state index contributed by atoms with van der Waals surface area (Å²) in [6.07, 6.45) is 3.58. The van der Waals surface area contributed by atoms with Crippen molar-refractivity contribution in [3.05, 3.63) is 59.9 Å². The third kappa shape index (κ3) is 5.43. The molecule has 1 aromatic heterocycles.